The van der Waals surface area contributed by atoms with Gasteiger partial charge in [-0.3, -0.25) is 0 Å². The van der Waals surface area contributed by atoms with Crippen LogP contribution in [0.4, 0.5) is 0 Å². The molecule has 0 bridgehead atoms. The molecule has 1 aliphatic rings. The van der Waals surface area contributed by atoms with Gasteiger partial charge in [-0.25, -0.2) is 0 Å². The summed E-state index contributed by atoms with van der Waals surface area (Å²) < 4.78 is 16.7. The van der Waals surface area contributed by atoms with E-state index in [1.54, 1.807) is 7.11 Å². The van der Waals surface area contributed by atoms with Crippen molar-refractivity contribution in [3.63, 3.8) is 0 Å². The number of methoxy groups -OCH3 is 1. The van der Waals surface area contributed by atoms with Crippen molar-refractivity contribution in [2.75, 3.05) is 40.1 Å². The maximum Gasteiger partial charge on any atom is 0.0754 e. The van der Waals surface area contributed by atoms with E-state index in [1.165, 1.54) is 19.3 Å². The highest BCUT2D eigenvalue weighted by molar-refractivity contribution is 4.88. The quantitative estimate of drug-likeness (QED) is 0.596. The molecule has 0 saturated heterocycles. The molecule has 21 heavy (non-hydrogen) atoms. The molecule has 0 amide bonds. The third kappa shape index (κ3) is 7.59. The van der Waals surface area contributed by atoms with Gasteiger partial charge in [-0.1, -0.05) is 20.8 Å². The Balaban J connectivity index is 2.24. The van der Waals surface area contributed by atoms with Gasteiger partial charge in [0.15, 0.2) is 0 Å². The van der Waals surface area contributed by atoms with Crippen molar-refractivity contribution in [3.05, 3.63) is 0 Å². The normalized spacial score (nSPS) is 29.7. The molecule has 0 aromatic heterocycles. The Morgan fingerprint density at radius 3 is 2.57 bits per heavy atom. The van der Waals surface area contributed by atoms with E-state index >= 15 is 0 Å². The number of hydrogen-bond acceptors (Lipinski definition) is 4. The van der Waals surface area contributed by atoms with Crippen molar-refractivity contribution in [2.24, 2.45) is 11.8 Å². The van der Waals surface area contributed by atoms with Gasteiger partial charge in [0.1, 0.15) is 0 Å². The first kappa shape index (κ1) is 18.9. The highest BCUT2D eigenvalue weighted by Gasteiger charge is 2.34. The van der Waals surface area contributed by atoms with Crippen LogP contribution in [0.3, 0.4) is 0 Å². The van der Waals surface area contributed by atoms with Crippen LogP contribution in [0.15, 0.2) is 0 Å². The van der Waals surface area contributed by atoms with Crippen molar-refractivity contribution in [3.8, 4) is 0 Å². The predicted molar refractivity (Wildman–Crippen MR) is 86.7 cm³/mol. The Kier molecular flexibility index (Phi) is 10.3. The van der Waals surface area contributed by atoms with Gasteiger partial charge in [0.05, 0.1) is 19.3 Å². The minimum absolute atomic E-state index is 0.329. The molecular formula is C17H35NO3. The summed E-state index contributed by atoms with van der Waals surface area (Å²) in [6, 6.07) is 0.497. The second-order valence-electron chi connectivity index (χ2n) is 6.41. The van der Waals surface area contributed by atoms with Gasteiger partial charge in [-0.15, -0.1) is 0 Å². The van der Waals surface area contributed by atoms with E-state index in [9.17, 15) is 0 Å². The summed E-state index contributed by atoms with van der Waals surface area (Å²) in [5.41, 5.74) is 0. The molecule has 4 unspecified atom stereocenters. The first-order valence-electron chi connectivity index (χ1n) is 8.60. The summed E-state index contributed by atoms with van der Waals surface area (Å²) >= 11 is 0. The summed E-state index contributed by atoms with van der Waals surface area (Å²) in [4.78, 5) is 0. The third-order valence-electron chi connectivity index (χ3n) is 4.22. The first-order chi connectivity index (χ1) is 10.2. The largest absolute Gasteiger partial charge is 0.385 e. The van der Waals surface area contributed by atoms with E-state index in [2.05, 4.69) is 26.1 Å². The maximum absolute atomic E-state index is 6.14. The lowest BCUT2D eigenvalue weighted by Gasteiger charge is -2.40. The van der Waals surface area contributed by atoms with Gasteiger partial charge in [-0.05, 0) is 44.1 Å². The SMILES string of the molecule is CCCNC1CC(C)CC(C)C1OCCOCCCOC. The molecule has 0 radical (unpaired) electrons. The predicted octanol–water partition coefficient (Wildman–Crippen LogP) is 2.86. The zero-order valence-electron chi connectivity index (χ0n) is 14.4. The van der Waals surface area contributed by atoms with Crippen LogP contribution in [0.2, 0.25) is 0 Å². The van der Waals surface area contributed by atoms with Gasteiger partial charge in [-0.2, -0.15) is 0 Å². The molecule has 4 nitrogen and oxygen atoms in total. The molecule has 126 valence electrons. The molecule has 0 aliphatic heterocycles. The molecule has 1 aliphatic carbocycles. The first-order valence-corrected chi connectivity index (χ1v) is 8.60. The van der Waals surface area contributed by atoms with Gasteiger partial charge < -0.3 is 19.5 Å². The Labute approximate surface area is 130 Å². The Morgan fingerprint density at radius 2 is 1.86 bits per heavy atom. The summed E-state index contributed by atoms with van der Waals surface area (Å²) in [6.07, 6.45) is 4.95. The monoisotopic (exact) mass is 301 g/mol. The molecule has 4 atom stereocenters. The fourth-order valence-electron chi connectivity index (χ4n) is 3.29. The average Bonchev–Trinajstić information content (AvgIpc) is 2.46. The van der Waals surface area contributed by atoms with E-state index in [1.807, 2.05) is 0 Å². The smallest absolute Gasteiger partial charge is 0.0754 e. The van der Waals surface area contributed by atoms with Crippen molar-refractivity contribution >= 4 is 0 Å². The fraction of sp³-hybridized carbons (Fsp3) is 1.00. The third-order valence-corrected chi connectivity index (χ3v) is 4.22. The second kappa shape index (κ2) is 11.4. The van der Waals surface area contributed by atoms with Crippen molar-refractivity contribution in [1.82, 2.24) is 5.32 Å². The second-order valence-corrected chi connectivity index (χ2v) is 6.41. The van der Waals surface area contributed by atoms with Crippen LogP contribution in [0.1, 0.15) is 46.5 Å². The summed E-state index contributed by atoms with van der Waals surface area (Å²) in [6.45, 7) is 10.9. The summed E-state index contributed by atoms with van der Waals surface area (Å²) in [5, 5.41) is 3.67. The van der Waals surface area contributed by atoms with Gasteiger partial charge in [0.25, 0.3) is 0 Å². The standard InChI is InChI=1S/C17H35NO3/c1-5-7-18-16-13-14(2)12-15(3)17(16)21-11-10-20-9-6-8-19-4/h14-18H,5-13H2,1-4H3. The van der Waals surface area contributed by atoms with Crippen LogP contribution >= 0.6 is 0 Å². The van der Waals surface area contributed by atoms with E-state index in [4.69, 9.17) is 14.2 Å². The van der Waals surface area contributed by atoms with Crippen LogP contribution in [0, 0.1) is 11.8 Å². The highest BCUT2D eigenvalue weighted by atomic mass is 16.5. The zero-order chi connectivity index (χ0) is 15.5. The van der Waals surface area contributed by atoms with Gasteiger partial charge >= 0.3 is 0 Å². The van der Waals surface area contributed by atoms with Crippen molar-refractivity contribution in [1.29, 1.82) is 0 Å². The van der Waals surface area contributed by atoms with Crippen molar-refractivity contribution < 1.29 is 14.2 Å². The number of rotatable bonds is 11. The van der Waals surface area contributed by atoms with E-state index < -0.39 is 0 Å². The minimum atomic E-state index is 0.329. The molecule has 0 heterocycles. The van der Waals surface area contributed by atoms with E-state index in [0.29, 0.717) is 31.3 Å². The molecule has 4 heteroatoms. The molecule has 0 aromatic carbocycles. The number of ether oxygens (including phenoxy) is 3. The van der Waals surface area contributed by atoms with E-state index in [-0.39, 0.29) is 0 Å². The van der Waals surface area contributed by atoms with Gasteiger partial charge in [0, 0.05) is 26.4 Å². The Morgan fingerprint density at radius 1 is 1.05 bits per heavy atom. The lowest BCUT2D eigenvalue weighted by molar-refractivity contribution is -0.0585. The lowest BCUT2D eigenvalue weighted by atomic mass is 9.78. The molecule has 1 fully saturated rings. The summed E-state index contributed by atoms with van der Waals surface area (Å²) in [7, 11) is 1.72. The topological polar surface area (TPSA) is 39.7 Å². The lowest BCUT2D eigenvalue weighted by Crippen LogP contribution is -2.49. The fourth-order valence-corrected chi connectivity index (χ4v) is 3.29. The molecular weight excluding hydrogens is 266 g/mol. The molecule has 0 aromatic rings. The van der Waals surface area contributed by atoms with Crippen LogP contribution in [-0.2, 0) is 14.2 Å². The van der Waals surface area contributed by atoms with Crippen LogP contribution in [-0.4, -0.2) is 52.2 Å². The molecule has 0 spiro atoms. The van der Waals surface area contributed by atoms with Crippen molar-refractivity contribution in [2.45, 2.75) is 58.6 Å². The summed E-state index contributed by atoms with van der Waals surface area (Å²) in [5.74, 6) is 1.41. The van der Waals surface area contributed by atoms with Gasteiger partial charge in [0.2, 0.25) is 0 Å². The Bertz CT molecular complexity index is 250. The number of hydrogen-bond donors (Lipinski definition) is 1. The Hall–Kier alpha value is -0.160. The molecule has 1 rings (SSSR count). The molecule has 1 N–H and O–H groups in total. The van der Waals surface area contributed by atoms with Crippen LogP contribution in [0.5, 0.6) is 0 Å². The van der Waals surface area contributed by atoms with Crippen LogP contribution < -0.4 is 5.32 Å². The van der Waals surface area contributed by atoms with Crippen LogP contribution in [0.25, 0.3) is 0 Å². The highest BCUT2D eigenvalue weighted by Crippen LogP contribution is 2.31. The zero-order valence-corrected chi connectivity index (χ0v) is 14.4. The average molecular weight is 301 g/mol. The molecule has 1 saturated carbocycles. The maximum atomic E-state index is 6.14. The minimum Gasteiger partial charge on any atom is -0.385 e. The van der Waals surface area contributed by atoms with E-state index in [0.717, 1.165) is 32.1 Å². The number of nitrogens with one attached hydrogen (secondary N) is 1.